The summed E-state index contributed by atoms with van der Waals surface area (Å²) in [7, 11) is 0. The second-order valence-corrected chi connectivity index (χ2v) is 16.6. The Labute approximate surface area is 342 Å². The third-order valence-corrected chi connectivity index (χ3v) is 13.0. The van der Waals surface area contributed by atoms with Crippen LogP contribution < -0.4 is 0 Å². The molecule has 1 aliphatic carbocycles. The second kappa shape index (κ2) is 13.6. The van der Waals surface area contributed by atoms with Crippen molar-refractivity contribution in [2.75, 3.05) is 0 Å². The highest BCUT2D eigenvalue weighted by Crippen LogP contribution is 2.49. The number of rotatable bonds is 6. The Kier molecular flexibility index (Phi) is 8.02. The fraction of sp³-hybridized carbons (Fsp3) is 0.0556. The fourth-order valence-corrected chi connectivity index (χ4v) is 10.0. The zero-order chi connectivity index (χ0) is 38.8. The molecule has 11 rings (SSSR count). The summed E-state index contributed by atoms with van der Waals surface area (Å²) in [6, 6.07) is 67.2. The van der Waals surface area contributed by atoms with E-state index in [0.717, 1.165) is 38.9 Å². The van der Waals surface area contributed by atoms with Gasteiger partial charge in [0, 0.05) is 42.3 Å². The van der Waals surface area contributed by atoms with Gasteiger partial charge in [0.05, 0.1) is 0 Å². The molecule has 3 nitrogen and oxygen atoms in total. The minimum absolute atomic E-state index is 0.0435. The largest absolute Gasteiger partial charge is 0.208 e. The van der Waals surface area contributed by atoms with Crippen LogP contribution in [0.3, 0.4) is 0 Å². The van der Waals surface area contributed by atoms with Crippen molar-refractivity contribution in [3.8, 4) is 78.7 Å². The molecule has 0 saturated heterocycles. The monoisotopic (exact) mass is 759 g/mol. The van der Waals surface area contributed by atoms with E-state index in [-0.39, 0.29) is 5.41 Å². The Morgan fingerprint density at radius 3 is 1.71 bits per heavy atom. The summed E-state index contributed by atoms with van der Waals surface area (Å²) < 4.78 is 2.42. The number of hydrogen-bond acceptors (Lipinski definition) is 4. The van der Waals surface area contributed by atoms with Crippen LogP contribution in [0.5, 0.6) is 0 Å². The molecule has 0 bridgehead atoms. The molecule has 1 aliphatic rings. The Bertz CT molecular complexity index is 3200. The molecular weight excluding hydrogens is 723 g/mol. The molecule has 0 unspecified atom stereocenters. The molecule has 58 heavy (non-hydrogen) atoms. The lowest BCUT2D eigenvalue weighted by Gasteiger charge is -2.22. The number of thiophene rings is 1. The van der Waals surface area contributed by atoms with Crippen molar-refractivity contribution < 1.29 is 0 Å². The summed E-state index contributed by atoms with van der Waals surface area (Å²) in [4.78, 5) is 15.7. The summed E-state index contributed by atoms with van der Waals surface area (Å²) in [5.41, 5.74) is 15.3. The van der Waals surface area contributed by atoms with E-state index in [0.29, 0.717) is 17.5 Å². The van der Waals surface area contributed by atoms with E-state index in [4.69, 9.17) is 15.0 Å². The quantitative estimate of drug-likeness (QED) is 0.169. The highest BCUT2D eigenvalue weighted by molar-refractivity contribution is 7.26. The van der Waals surface area contributed by atoms with Gasteiger partial charge in [0.2, 0.25) is 0 Å². The SMILES string of the molecule is CC1(C)c2ccccc2-c2ccc(-c3cccc(-c4ccc(-c5nc(-c6ccccc6-c6ccccc6)nc(-c6cccc7c6sc6ccccc67)n5)cc4)c3)cc21. The molecule has 274 valence electrons. The number of fused-ring (bicyclic) bond motifs is 6. The molecule has 10 aromatic rings. The summed E-state index contributed by atoms with van der Waals surface area (Å²) in [5.74, 6) is 1.95. The molecule has 0 amide bonds. The summed E-state index contributed by atoms with van der Waals surface area (Å²) in [6.45, 7) is 4.68. The van der Waals surface area contributed by atoms with Gasteiger partial charge in [-0.3, -0.25) is 0 Å². The Balaban J connectivity index is 0.998. The first-order valence-corrected chi connectivity index (χ1v) is 20.6. The number of benzene rings is 8. The van der Waals surface area contributed by atoms with Gasteiger partial charge < -0.3 is 0 Å². The van der Waals surface area contributed by atoms with Crippen molar-refractivity contribution in [2.24, 2.45) is 0 Å². The van der Waals surface area contributed by atoms with Gasteiger partial charge in [0.1, 0.15) is 0 Å². The number of aromatic nitrogens is 3. The van der Waals surface area contributed by atoms with Gasteiger partial charge in [0.15, 0.2) is 17.5 Å². The van der Waals surface area contributed by atoms with Crippen molar-refractivity contribution in [1.82, 2.24) is 15.0 Å². The fourth-order valence-electron chi connectivity index (χ4n) is 8.79. The van der Waals surface area contributed by atoms with E-state index in [9.17, 15) is 0 Å². The van der Waals surface area contributed by atoms with Gasteiger partial charge in [-0.05, 0) is 79.9 Å². The van der Waals surface area contributed by atoms with Gasteiger partial charge in [-0.15, -0.1) is 11.3 Å². The lowest BCUT2D eigenvalue weighted by atomic mass is 9.81. The van der Waals surface area contributed by atoms with Crippen LogP contribution in [-0.2, 0) is 5.41 Å². The maximum Gasteiger partial charge on any atom is 0.165 e. The lowest BCUT2D eigenvalue weighted by molar-refractivity contribution is 0.660. The van der Waals surface area contributed by atoms with Gasteiger partial charge in [-0.25, -0.2) is 15.0 Å². The van der Waals surface area contributed by atoms with Gasteiger partial charge in [-0.1, -0.05) is 178 Å². The average molecular weight is 760 g/mol. The molecule has 2 heterocycles. The van der Waals surface area contributed by atoms with Crippen molar-refractivity contribution in [1.29, 1.82) is 0 Å². The van der Waals surface area contributed by atoms with E-state index in [1.54, 1.807) is 11.3 Å². The van der Waals surface area contributed by atoms with Gasteiger partial charge in [0.25, 0.3) is 0 Å². The minimum Gasteiger partial charge on any atom is -0.208 e. The molecule has 2 aromatic heterocycles. The first-order chi connectivity index (χ1) is 28.5. The molecule has 0 atom stereocenters. The third kappa shape index (κ3) is 5.68. The minimum atomic E-state index is -0.0435. The second-order valence-electron chi connectivity index (χ2n) is 15.6. The van der Waals surface area contributed by atoms with Crippen LogP contribution in [0.4, 0.5) is 0 Å². The molecule has 8 aromatic carbocycles. The summed E-state index contributed by atoms with van der Waals surface area (Å²) in [6.07, 6.45) is 0. The van der Waals surface area contributed by atoms with Crippen molar-refractivity contribution >= 4 is 31.5 Å². The molecule has 0 aliphatic heterocycles. The predicted octanol–water partition coefficient (Wildman–Crippen LogP) is 14.5. The van der Waals surface area contributed by atoms with Crippen LogP contribution in [0.15, 0.2) is 188 Å². The smallest absolute Gasteiger partial charge is 0.165 e. The first kappa shape index (κ1) is 34.3. The Hall–Kier alpha value is -7.01. The van der Waals surface area contributed by atoms with E-state index < -0.39 is 0 Å². The van der Waals surface area contributed by atoms with Crippen LogP contribution >= 0.6 is 11.3 Å². The van der Waals surface area contributed by atoms with Crippen molar-refractivity contribution in [2.45, 2.75) is 19.3 Å². The molecule has 0 N–H and O–H groups in total. The number of nitrogens with zero attached hydrogens (tertiary/aromatic N) is 3. The van der Waals surface area contributed by atoms with E-state index in [1.807, 2.05) is 6.07 Å². The molecule has 0 fully saturated rings. The average Bonchev–Trinajstić information content (AvgIpc) is 3.78. The standard InChI is InChI=1S/C54H37N3S/c1-54(2)47-24-10-8-19-41(47)42-31-30-39(33-48(42)54)38-17-12-16-37(32-38)34-26-28-36(29-27-34)51-55-52(45-21-7-6-18-40(45)35-14-4-3-5-15-35)57-53(56-51)46-23-13-22-44-43-20-9-11-25-49(43)58-50(44)46/h3-33H,1-2H3. The van der Waals surface area contributed by atoms with Crippen LogP contribution in [0.25, 0.3) is 98.8 Å². The van der Waals surface area contributed by atoms with Gasteiger partial charge >= 0.3 is 0 Å². The Morgan fingerprint density at radius 2 is 0.879 bits per heavy atom. The van der Waals surface area contributed by atoms with Crippen LogP contribution in [-0.4, -0.2) is 15.0 Å². The molecular formula is C54H37N3S. The predicted molar refractivity (Wildman–Crippen MR) is 243 cm³/mol. The maximum absolute atomic E-state index is 5.24. The third-order valence-electron chi connectivity index (χ3n) is 11.8. The first-order valence-electron chi connectivity index (χ1n) is 19.8. The summed E-state index contributed by atoms with van der Waals surface area (Å²) in [5, 5.41) is 2.46. The highest BCUT2D eigenvalue weighted by Gasteiger charge is 2.35. The summed E-state index contributed by atoms with van der Waals surface area (Å²) >= 11 is 1.79. The topological polar surface area (TPSA) is 38.7 Å². The molecule has 0 radical (unpaired) electrons. The van der Waals surface area contributed by atoms with E-state index in [2.05, 4.69) is 196 Å². The van der Waals surface area contributed by atoms with Crippen molar-refractivity contribution in [3.05, 3.63) is 199 Å². The van der Waals surface area contributed by atoms with E-state index >= 15 is 0 Å². The normalized spacial score (nSPS) is 12.8. The van der Waals surface area contributed by atoms with Crippen LogP contribution in [0.1, 0.15) is 25.0 Å². The zero-order valence-electron chi connectivity index (χ0n) is 32.1. The molecule has 0 saturated carbocycles. The highest BCUT2D eigenvalue weighted by atomic mass is 32.1. The van der Waals surface area contributed by atoms with Crippen LogP contribution in [0, 0.1) is 0 Å². The van der Waals surface area contributed by atoms with Gasteiger partial charge in [-0.2, -0.15) is 0 Å². The molecule has 0 spiro atoms. The zero-order valence-corrected chi connectivity index (χ0v) is 33.0. The molecule has 4 heteroatoms. The number of hydrogen-bond donors (Lipinski definition) is 0. The van der Waals surface area contributed by atoms with Crippen molar-refractivity contribution in [3.63, 3.8) is 0 Å². The Morgan fingerprint density at radius 1 is 0.345 bits per heavy atom. The lowest BCUT2D eigenvalue weighted by Crippen LogP contribution is -2.14. The maximum atomic E-state index is 5.24. The van der Waals surface area contributed by atoms with E-state index in [1.165, 1.54) is 53.6 Å². The van der Waals surface area contributed by atoms with Crippen LogP contribution in [0.2, 0.25) is 0 Å².